The third kappa shape index (κ3) is 6.60. The van der Waals surface area contributed by atoms with Crippen LogP contribution < -0.4 is 16.2 Å². The Bertz CT molecular complexity index is 2050. The van der Waals surface area contributed by atoms with Crippen molar-refractivity contribution in [3.05, 3.63) is 88.5 Å². The van der Waals surface area contributed by atoms with Crippen LogP contribution >= 0.6 is 0 Å². The number of nitrogens with two attached hydrogens (primary N) is 1. The number of benzene rings is 2. The first kappa shape index (κ1) is 34.4. The van der Waals surface area contributed by atoms with Gasteiger partial charge in [0.2, 0.25) is 0 Å². The Morgan fingerprint density at radius 2 is 1.75 bits per heavy atom. The fourth-order valence-corrected chi connectivity index (χ4v) is 7.35. The highest BCUT2D eigenvalue weighted by Crippen LogP contribution is 2.32. The van der Waals surface area contributed by atoms with Gasteiger partial charge in [-0.2, -0.15) is 5.26 Å². The van der Waals surface area contributed by atoms with Crippen molar-refractivity contribution < 1.29 is 23.0 Å². The van der Waals surface area contributed by atoms with E-state index >= 15 is 0 Å². The SMILES string of the molecule is CC(C)(C=C(C#N)C(=O)N1CCCC(n2c(=O)n(-c3ccc(Oc4c(F)cccc4F)cc3)c3c(N)nccc32)C1)N1CCN(C2COC2)CC1. The van der Waals surface area contributed by atoms with Crippen molar-refractivity contribution in [2.75, 3.05) is 58.2 Å². The van der Waals surface area contributed by atoms with Crippen molar-refractivity contribution in [2.45, 2.75) is 44.3 Å². The summed E-state index contributed by atoms with van der Waals surface area (Å²) in [5, 5.41) is 10.2. The molecule has 14 heteroatoms. The number of nitriles is 1. The maximum absolute atomic E-state index is 14.3. The topological polar surface area (TPSA) is 135 Å². The Morgan fingerprint density at radius 3 is 2.39 bits per heavy atom. The standard InChI is InChI=1S/C37H40F2N8O4/c1-37(2,45-17-15-43(16-18-45)27-22-50-23-27)19-24(20-40)35(48)44-14-4-5-26(21-44)46-31-12-13-42-34(41)32(31)47(36(46)49)25-8-10-28(11-9-25)51-33-29(38)6-3-7-30(33)39/h3,6-13,19,26-27H,4-5,14-18,21-23H2,1-2H3,(H2,41,42). The number of ether oxygens (including phenoxy) is 2. The summed E-state index contributed by atoms with van der Waals surface area (Å²) in [7, 11) is 0. The number of pyridine rings is 1. The van der Waals surface area contributed by atoms with E-state index in [1.807, 2.05) is 13.8 Å². The third-order valence-corrected chi connectivity index (χ3v) is 10.2. The number of aromatic nitrogens is 3. The van der Waals surface area contributed by atoms with Gasteiger partial charge in [0.05, 0.1) is 36.5 Å². The van der Waals surface area contributed by atoms with E-state index in [9.17, 15) is 23.6 Å². The number of rotatable bonds is 8. The first-order valence-electron chi connectivity index (χ1n) is 17.1. The van der Waals surface area contributed by atoms with E-state index in [4.69, 9.17) is 15.2 Å². The van der Waals surface area contributed by atoms with Crippen LogP contribution in [-0.4, -0.2) is 98.8 Å². The zero-order valence-corrected chi connectivity index (χ0v) is 28.6. The molecule has 12 nitrogen and oxygen atoms in total. The summed E-state index contributed by atoms with van der Waals surface area (Å²) in [6.45, 7) is 9.74. The lowest BCUT2D eigenvalue weighted by Crippen LogP contribution is -2.59. The molecule has 0 radical (unpaired) electrons. The monoisotopic (exact) mass is 698 g/mol. The largest absolute Gasteiger partial charge is 0.451 e. The number of fused-ring (bicyclic) bond motifs is 1. The molecule has 1 amide bonds. The van der Waals surface area contributed by atoms with Gasteiger partial charge in [0.15, 0.2) is 17.4 Å². The Morgan fingerprint density at radius 1 is 1.04 bits per heavy atom. The van der Waals surface area contributed by atoms with Crippen molar-refractivity contribution in [3.8, 4) is 23.3 Å². The molecule has 0 bridgehead atoms. The van der Waals surface area contributed by atoms with E-state index in [-0.39, 0.29) is 35.3 Å². The van der Waals surface area contributed by atoms with E-state index in [1.165, 1.54) is 29.0 Å². The van der Waals surface area contributed by atoms with Gasteiger partial charge in [-0.15, -0.1) is 0 Å². The zero-order valence-electron chi connectivity index (χ0n) is 28.6. The molecular formula is C37H40F2N8O4. The second kappa shape index (κ2) is 13.9. The quantitative estimate of drug-likeness (QED) is 0.212. The van der Waals surface area contributed by atoms with Gasteiger partial charge >= 0.3 is 5.69 Å². The third-order valence-electron chi connectivity index (χ3n) is 10.2. The molecule has 3 aliphatic heterocycles. The lowest BCUT2D eigenvalue weighted by Gasteiger charge is -2.46. The van der Waals surface area contributed by atoms with Crippen molar-refractivity contribution in [1.82, 2.24) is 28.8 Å². The minimum Gasteiger partial charge on any atom is -0.451 e. The van der Waals surface area contributed by atoms with Crippen LogP contribution in [0.5, 0.6) is 11.5 Å². The molecule has 2 aromatic heterocycles. The molecule has 3 saturated heterocycles. The molecule has 3 fully saturated rings. The normalized spacial score (nSPS) is 19.5. The number of likely N-dealkylation sites (tertiary alicyclic amines) is 1. The first-order chi connectivity index (χ1) is 24.6. The molecule has 4 aromatic rings. The number of hydrogen-bond acceptors (Lipinski definition) is 9. The van der Waals surface area contributed by atoms with Gasteiger partial charge in [-0.1, -0.05) is 6.07 Å². The Kier molecular flexibility index (Phi) is 9.36. The van der Waals surface area contributed by atoms with Gasteiger partial charge < -0.3 is 20.1 Å². The maximum atomic E-state index is 14.3. The second-order valence-electron chi connectivity index (χ2n) is 13.8. The van der Waals surface area contributed by atoms with Crippen LogP contribution in [0.2, 0.25) is 0 Å². The summed E-state index contributed by atoms with van der Waals surface area (Å²) in [6.07, 6.45) is 4.56. The van der Waals surface area contributed by atoms with E-state index < -0.39 is 29.0 Å². The second-order valence-corrected chi connectivity index (χ2v) is 13.8. The van der Waals surface area contributed by atoms with Gasteiger partial charge in [-0.25, -0.2) is 18.6 Å². The van der Waals surface area contributed by atoms with Crippen molar-refractivity contribution in [3.63, 3.8) is 0 Å². The molecule has 5 heterocycles. The Hall–Kier alpha value is -5.10. The lowest BCUT2D eigenvalue weighted by atomic mass is 9.96. The fourth-order valence-electron chi connectivity index (χ4n) is 7.35. The van der Waals surface area contributed by atoms with Gasteiger partial charge in [0.1, 0.15) is 28.7 Å². The van der Waals surface area contributed by atoms with Crippen molar-refractivity contribution in [2.24, 2.45) is 0 Å². The van der Waals surface area contributed by atoms with Crippen LogP contribution in [0, 0.1) is 23.0 Å². The van der Waals surface area contributed by atoms with Gasteiger partial charge in [0.25, 0.3) is 5.91 Å². The number of carbonyl (C=O) groups is 1. The summed E-state index contributed by atoms with van der Waals surface area (Å²) in [6, 6.07) is 13.6. The molecule has 1 atom stereocenters. The number of hydrogen-bond donors (Lipinski definition) is 1. The number of amides is 1. The highest BCUT2D eigenvalue weighted by Gasteiger charge is 2.35. The molecule has 0 aliphatic carbocycles. The van der Waals surface area contributed by atoms with E-state index in [0.717, 1.165) is 51.5 Å². The molecule has 3 aliphatic rings. The molecule has 7 rings (SSSR count). The Labute approximate surface area is 293 Å². The van der Waals surface area contributed by atoms with Crippen LogP contribution in [0.3, 0.4) is 0 Å². The molecule has 1 unspecified atom stereocenters. The van der Waals surface area contributed by atoms with Crippen LogP contribution in [0.1, 0.15) is 32.7 Å². The summed E-state index contributed by atoms with van der Waals surface area (Å²) in [5.74, 6) is -2.26. The van der Waals surface area contributed by atoms with E-state index in [0.29, 0.717) is 42.1 Å². The van der Waals surface area contributed by atoms with Gasteiger partial charge in [-0.3, -0.25) is 23.7 Å². The molecule has 0 saturated carbocycles. The van der Waals surface area contributed by atoms with Gasteiger partial charge in [-0.05, 0) is 75.2 Å². The van der Waals surface area contributed by atoms with E-state index in [2.05, 4.69) is 20.9 Å². The number of halogens is 2. The highest BCUT2D eigenvalue weighted by molar-refractivity contribution is 5.97. The van der Waals surface area contributed by atoms with Crippen LogP contribution in [0.15, 0.2) is 71.2 Å². The number of anilines is 1. The van der Waals surface area contributed by atoms with Gasteiger partial charge in [0, 0.05) is 51.0 Å². The number of piperidine rings is 1. The Balaban J connectivity index is 1.13. The van der Waals surface area contributed by atoms with Crippen molar-refractivity contribution in [1.29, 1.82) is 5.26 Å². The fraction of sp³-hybridized carbons (Fsp3) is 0.405. The predicted molar refractivity (Wildman–Crippen MR) is 187 cm³/mol. The smallest absolute Gasteiger partial charge is 0.334 e. The molecule has 2 aromatic carbocycles. The molecule has 0 spiro atoms. The van der Waals surface area contributed by atoms with Crippen molar-refractivity contribution >= 4 is 22.8 Å². The average Bonchev–Trinajstić information content (AvgIpc) is 3.41. The van der Waals surface area contributed by atoms with Crippen LogP contribution in [-0.2, 0) is 9.53 Å². The first-order valence-corrected chi connectivity index (χ1v) is 17.1. The molecular weight excluding hydrogens is 658 g/mol. The molecule has 51 heavy (non-hydrogen) atoms. The number of nitrogen functional groups attached to an aromatic ring is 1. The van der Waals surface area contributed by atoms with Crippen LogP contribution in [0.25, 0.3) is 16.7 Å². The zero-order chi connectivity index (χ0) is 35.9. The number of nitrogens with zero attached hydrogens (tertiary/aromatic N) is 7. The number of para-hydroxylation sites is 1. The lowest BCUT2D eigenvalue weighted by molar-refractivity contribution is -0.128. The van der Waals surface area contributed by atoms with E-state index in [1.54, 1.807) is 33.7 Å². The van der Waals surface area contributed by atoms with Crippen LogP contribution in [0.4, 0.5) is 14.6 Å². The summed E-state index contributed by atoms with van der Waals surface area (Å²) in [4.78, 5) is 38.8. The summed E-state index contributed by atoms with van der Waals surface area (Å²) >= 11 is 0. The molecule has 2 N–H and O–H groups in total. The summed E-state index contributed by atoms with van der Waals surface area (Å²) in [5.41, 5.74) is 6.90. The highest BCUT2D eigenvalue weighted by atomic mass is 19.1. The number of piperazine rings is 1. The summed E-state index contributed by atoms with van der Waals surface area (Å²) < 4.78 is 42.3. The number of imidazole rings is 1. The predicted octanol–water partition coefficient (Wildman–Crippen LogP) is 4.25. The maximum Gasteiger partial charge on any atom is 0.334 e. The number of carbonyl (C=O) groups excluding carboxylic acids is 1. The average molecular weight is 699 g/mol. The minimum atomic E-state index is -0.841. The molecule has 266 valence electrons. The minimum absolute atomic E-state index is 0.0799.